The molecule has 148 valence electrons. The summed E-state index contributed by atoms with van der Waals surface area (Å²) in [7, 11) is 0. The maximum Gasteiger partial charge on any atom is 0.300 e. The number of pyridine rings is 1. The summed E-state index contributed by atoms with van der Waals surface area (Å²) >= 11 is 0. The number of hydrogen-bond acceptors (Lipinski definition) is 6. The van der Waals surface area contributed by atoms with Gasteiger partial charge < -0.3 is 5.11 Å². The second kappa shape index (κ2) is 7.59. The van der Waals surface area contributed by atoms with Crippen LogP contribution in [0.15, 0.2) is 84.7 Å². The van der Waals surface area contributed by atoms with Crippen molar-refractivity contribution in [1.29, 1.82) is 0 Å². The first-order valence-corrected chi connectivity index (χ1v) is 9.00. The van der Waals surface area contributed by atoms with Crippen molar-refractivity contribution in [2.24, 2.45) is 0 Å². The number of para-hydroxylation sites is 1. The number of anilines is 1. The van der Waals surface area contributed by atoms with Crippen LogP contribution in [0.4, 0.5) is 11.4 Å². The third-order valence-corrected chi connectivity index (χ3v) is 4.84. The van der Waals surface area contributed by atoms with E-state index in [0.717, 1.165) is 4.90 Å². The molecule has 1 atom stereocenters. The molecular formula is C22H15N3O5. The van der Waals surface area contributed by atoms with Crippen LogP contribution < -0.4 is 4.90 Å². The van der Waals surface area contributed by atoms with Crippen LogP contribution in [0.2, 0.25) is 0 Å². The summed E-state index contributed by atoms with van der Waals surface area (Å²) in [6.07, 6.45) is 2.89. The zero-order chi connectivity index (χ0) is 21.3. The van der Waals surface area contributed by atoms with Crippen LogP contribution in [-0.2, 0) is 9.59 Å². The van der Waals surface area contributed by atoms with Crippen molar-refractivity contribution in [3.05, 3.63) is 106 Å². The zero-order valence-electron chi connectivity index (χ0n) is 15.5. The van der Waals surface area contributed by atoms with Gasteiger partial charge in [0.25, 0.3) is 17.4 Å². The molecule has 2 heterocycles. The van der Waals surface area contributed by atoms with Crippen LogP contribution in [-0.4, -0.2) is 26.7 Å². The lowest BCUT2D eigenvalue weighted by Crippen LogP contribution is -2.29. The normalized spacial score (nSPS) is 17.9. The summed E-state index contributed by atoms with van der Waals surface area (Å²) in [4.78, 5) is 42.1. The predicted octanol–water partition coefficient (Wildman–Crippen LogP) is 3.62. The molecule has 8 nitrogen and oxygen atoms in total. The van der Waals surface area contributed by atoms with Crippen LogP contribution in [0.1, 0.15) is 17.2 Å². The van der Waals surface area contributed by atoms with Crippen molar-refractivity contribution in [2.75, 3.05) is 4.90 Å². The topological polar surface area (TPSA) is 114 Å². The Hall–Kier alpha value is -4.33. The van der Waals surface area contributed by atoms with E-state index in [1.54, 1.807) is 48.5 Å². The number of hydrogen-bond donors (Lipinski definition) is 1. The number of nitrogens with zero attached hydrogens (tertiary/aromatic N) is 3. The Morgan fingerprint density at radius 3 is 2.37 bits per heavy atom. The number of carbonyl (C=O) groups is 2. The summed E-state index contributed by atoms with van der Waals surface area (Å²) in [5.41, 5.74) is 0.241. The number of ketones is 1. The first-order chi connectivity index (χ1) is 14.5. The lowest BCUT2D eigenvalue weighted by molar-refractivity contribution is -0.385. The zero-order valence-corrected chi connectivity index (χ0v) is 15.5. The van der Waals surface area contributed by atoms with Gasteiger partial charge in [-0.15, -0.1) is 0 Å². The number of carbonyl (C=O) groups excluding carboxylic acids is 2. The molecule has 4 rings (SSSR count). The van der Waals surface area contributed by atoms with E-state index < -0.39 is 28.4 Å². The minimum absolute atomic E-state index is 0.114. The average molecular weight is 401 g/mol. The van der Waals surface area contributed by atoms with Gasteiger partial charge in [0.2, 0.25) is 0 Å². The summed E-state index contributed by atoms with van der Waals surface area (Å²) < 4.78 is 0. The summed E-state index contributed by atoms with van der Waals surface area (Å²) in [6.45, 7) is 0. The fourth-order valence-electron chi connectivity index (χ4n) is 3.53. The number of rotatable bonds is 4. The highest BCUT2D eigenvalue weighted by molar-refractivity contribution is 6.51. The number of nitro groups is 1. The number of amides is 1. The molecule has 1 aliphatic heterocycles. The van der Waals surface area contributed by atoms with Gasteiger partial charge in [0.05, 0.1) is 27.9 Å². The van der Waals surface area contributed by atoms with Gasteiger partial charge in [0, 0.05) is 17.8 Å². The molecule has 1 saturated heterocycles. The highest BCUT2D eigenvalue weighted by atomic mass is 16.6. The first kappa shape index (κ1) is 19.0. The molecule has 0 spiro atoms. The predicted molar refractivity (Wildman–Crippen MR) is 109 cm³/mol. The van der Waals surface area contributed by atoms with E-state index in [9.17, 15) is 24.8 Å². The lowest BCUT2D eigenvalue weighted by atomic mass is 9.94. The fraction of sp³-hybridized carbons (Fsp3) is 0.0455. The molecule has 1 amide bonds. The largest absolute Gasteiger partial charge is 0.507 e. The van der Waals surface area contributed by atoms with E-state index in [1.165, 1.54) is 30.6 Å². The molecule has 1 aromatic heterocycles. The van der Waals surface area contributed by atoms with E-state index in [2.05, 4.69) is 4.98 Å². The van der Waals surface area contributed by atoms with Crippen molar-refractivity contribution < 1.29 is 19.6 Å². The number of Topliss-reactive ketones (excluding diaryl/α,β-unsaturated/α-hetero) is 1. The van der Waals surface area contributed by atoms with E-state index >= 15 is 0 Å². The first-order valence-electron chi connectivity index (χ1n) is 9.00. The second-order valence-corrected chi connectivity index (χ2v) is 6.56. The van der Waals surface area contributed by atoms with Gasteiger partial charge in [-0.1, -0.05) is 42.5 Å². The van der Waals surface area contributed by atoms with E-state index in [4.69, 9.17) is 0 Å². The van der Waals surface area contributed by atoms with Gasteiger partial charge >= 0.3 is 0 Å². The number of nitro benzene ring substituents is 1. The summed E-state index contributed by atoms with van der Waals surface area (Å²) in [6, 6.07) is 16.1. The molecule has 3 aromatic rings. The molecule has 8 heteroatoms. The SMILES string of the molecule is O=C1C(=O)N(c2cccnc2)[C@@H](c2ccccc2[N+](=O)[O-])C1=C(O)c1ccccc1. The highest BCUT2D eigenvalue weighted by Gasteiger charge is 2.48. The van der Waals surface area contributed by atoms with Gasteiger partial charge in [-0.25, -0.2) is 0 Å². The second-order valence-electron chi connectivity index (χ2n) is 6.56. The fourth-order valence-corrected chi connectivity index (χ4v) is 3.53. The Balaban J connectivity index is 2.02. The standard InChI is InChI=1S/C22H15N3O5/c26-20(14-7-2-1-3-8-14)18-19(16-10-4-5-11-17(16)25(29)30)24(22(28)21(18)27)15-9-6-12-23-13-15/h1-13,19,26H/t19-/m0/s1. The summed E-state index contributed by atoms with van der Waals surface area (Å²) in [5.74, 6) is -2.23. The molecule has 1 fully saturated rings. The molecule has 1 N–H and O–H groups in total. The Bertz CT molecular complexity index is 1180. The van der Waals surface area contributed by atoms with Gasteiger partial charge in [-0.3, -0.25) is 29.6 Å². The molecule has 0 bridgehead atoms. The van der Waals surface area contributed by atoms with Crippen LogP contribution in [0.5, 0.6) is 0 Å². The molecule has 30 heavy (non-hydrogen) atoms. The van der Waals surface area contributed by atoms with Crippen molar-refractivity contribution in [1.82, 2.24) is 4.98 Å². The van der Waals surface area contributed by atoms with E-state index in [1.807, 2.05) is 0 Å². The average Bonchev–Trinajstić information content (AvgIpc) is 3.05. The van der Waals surface area contributed by atoms with Crippen molar-refractivity contribution in [3.63, 3.8) is 0 Å². The molecule has 2 aromatic carbocycles. The molecular weight excluding hydrogens is 386 g/mol. The van der Waals surface area contributed by atoms with E-state index in [0.29, 0.717) is 5.56 Å². The van der Waals surface area contributed by atoms with Gasteiger partial charge in [-0.05, 0) is 18.2 Å². The van der Waals surface area contributed by atoms with Crippen molar-refractivity contribution in [2.45, 2.75) is 6.04 Å². The minimum atomic E-state index is -1.18. The van der Waals surface area contributed by atoms with Crippen LogP contribution >= 0.6 is 0 Å². The molecule has 0 aliphatic carbocycles. The van der Waals surface area contributed by atoms with Gasteiger partial charge in [-0.2, -0.15) is 0 Å². The van der Waals surface area contributed by atoms with Gasteiger partial charge in [0.1, 0.15) is 11.8 Å². The number of aromatic nitrogens is 1. The Kier molecular flexibility index (Phi) is 4.81. The monoisotopic (exact) mass is 401 g/mol. The van der Waals surface area contributed by atoms with Crippen molar-refractivity contribution >= 4 is 28.8 Å². The molecule has 0 radical (unpaired) electrons. The van der Waals surface area contributed by atoms with Crippen molar-refractivity contribution in [3.8, 4) is 0 Å². The van der Waals surface area contributed by atoms with Gasteiger partial charge in [0.15, 0.2) is 0 Å². The Morgan fingerprint density at radius 1 is 1.00 bits per heavy atom. The Morgan fingerprint density at radius 2 is 1.70 bits per heavy atom. The third kappa shape index (κ3) is 3.10. The third-order valence-electron chi connectivity index (χ3n) is 4.84. The number of benzene rings is 2. The maximum absolute atomic E-state index is 13.0. The molecule has 0 unspecified atom stereocenters. The highest BCUT2D eigenvalue weighted by Crippen LogP contribution is 2.44. The van der Waals surface area contributed by atoms with E-state index in [-0.39, 0.29) is 22.5 Å². The molecule has 1 aliphatic rings. The maximum atomic E-state index is 13.0. The Labute approximate surface area is 170 Å². The lowest BCUT2D eigenvalue weighted by Gasteiger charge is -2.24. The van der Waals surface area contributed by atoms with Crippen LogP contribution in [0, 0.1) is 10.1 Å². The molecule has 0 saturated carbocycles. The quantitative estimate of drug-likeness (QED) is 0.235. The number of aliphatic hydroxyl groups is 1. The minimum Gasteiger partial charge on any atom is -0.507 e. The van der Waals surface area contributed by atoms with Crippen LogP contribution in [0.3, 0.4) is 0 Å². The van der Waals surface area contributed by atoms with Crippen LogP contribution in [0.25, 0.3) is 5.76 Å². The number of aliphatic hydroxyl groups excluding tert-OH is 1. The summed E-state index contributed by atoms with van der Waals surface area (Å²) in [5, 5.41) is 22.6. The smallest absolute Gasteiger partial charge is 0.300 e.